The highest BCUT2D eigenvalue weighted by Crippen LogP contribution is 2.40. The molecular weight excluding hydrogens is 402 g/mol. The molecule has 1 aliphatic carbocycles. The van der Waals surface area contributed by atoms with Crippen LogP contribution in [0.2, 0.25) is 0 Å². The largest absolute Gasteiger partial charge is 0.454 e. The summed E-state index contributed by atoms with van der Waals surface area (Å²) >= 11 is 0. The maximum absolute atomic E-state index is 12.6. The minimum atomic E-state index is 0.0461. The van der Waals surface area contributed by atoms with Crippen LogP contribution in [0.5, 0.6) is 11.5 Å². The highest BCUT2D eigenvalue weighted by Gasteiger charge is 2.29. The van der Waals surface area contributed by atoms with Crippen LogP contribution in [-0.2, 0) is 0 Å². The summed E-state index contributed by atoms with van der Waals surface area (Å²) in [5, 5.41) is 10.3. The summed E-state index contributed by atoms with van der Waals surface area (Å²) < 4.78 is 11.2. The molecule has 6 heteroatoms. The Morgan fingerprint density at radius 2 is 1.81 bits per heavy atom. The molecule has 3 aliphatic rings. The van der Waals surface area contributed by atoms with E-state index in [0.717, 1.165) is 67.8 Å². The molecule has 2 aliphatic heterocycles. The monoisotopic (exact) mass is 435 g/mol. The van der Waals surface area contributed by atoms with E-state index in [4.69, 9.17) is 9.47 Å². The summed E-state index contributed by atoms with van der Waals surface area (Å²) in [5.74, 6) is 2.29. The first-order valence-corrected chi connectivity index (χ1v) is 11.9. The fraction of sp³-hybridized carbons (Fsp3) is 0.500. The molecule has 5 rings (SSSR count). The Kier molecular flexibility index (Phi) is 6.32. The molecular formula is C26H33N3O3. The highest BCUT2D eigenvalue weighted by molar-refractivity contribution is 5.94. The van der Waals surface area contributed by atoms with Crippen LogP contribution in [-0.4, -0.2) is 37.9 Å². The van der Waals surface area contributed by atoms with E-state index in [0.29, 0.717) is 18.8 Å². The first-order chi connectivity index (χ1) is 15.7. The summed E-state index contributed by atoms with van der Waals surface area (Å²) in [7, 11) is 0. The van der Waals surface area contributed by atoms with Gasteiger partial charge in [-0.15, -0.1) is 0 Å². The zero-order valence-electron chi connectivity index (χ0n) is 18.7. The first kappa shape index (κ1) is 21.3. The summed E-state index contributed by atoms with van der Waals surface area (Å²) in [6.45, 7) is 4.46. The molecule has 0 aromatic heterocycles. The van der Waals surface area contributed by atoms with Crippen LogP contribution in [0.1, 0.15) is 72.5 Å². The Labute approximate surface area is 190 Å². The molecule has 2 heterocycles. The summed E-state index contributed by atoms with van der Waals surface area (Å²) in [6.07, 6.45) is 5.43. The lowest BCUT2D eigenvalue weighted by atomic mass is 9.96. The Bertz CT molecular complexity index is 940. The van der Waals surface area contributed by atoms with Crippen LogP contribution in [0, 0.1) is 0 Å². The van der Waals surface area contributed by atoms with Crippen molar-refractivity contribution >= 4 is 5.91 Å². The molecule has 0 radical (unpaired) electrons. The number of hydrogen-bond donors (Lipinski definition) is 3. The van der Waals surface area contributed by atoms with Crippen LogP contribution in [0.4, 0.5) is 0 Å². The first-order valence-electron chi connectivity index (χ1n) is 11.9. The molecule has 6 nitrogen and oxygen atoms in total. The van der Waals surface area contributed by atoms with Crippen molar-refractivity contribution in [3.8, 4) is 11.5 Å². The number of fused-ring (bicyclic) bond motifs is 1. The molecule has 2 aromatic carbocycles. The number of rotatable bonds is 6. The van der Waals surface area contributed by atoms with Gasteiger partial charge in [-0.2, -0.15) is 0 Å². The minimum absolute atomic E-state index is 0.0461. The molecule has 1 saturated heterocycles. The lowest BCUT2D eigenvalue weighted by molar-refractivity contribution is 0.0929. The number of ether oxygens (including phenoxy) is 2. The van der Waals surface area contributed by atoms with Crippen molar-refractivity contribution in [1.82, 2.24) is 16.0 Å². The van der Waals surface area contributed by atoms with Gasteiger partial charge in [-0.05, 0) is 81.8 Å². The summed E-state index contributed by atoms with van der Waals surface area (Å²) in [6, 6.07) is 15.3. The standard InChI is InChI=1S/C26H33N3O3/c1-17(23-3-2-4-24-25(23)32-16-31-24)28-22-10-9-20(15-22)18-5-7-19(8-6-18)26(30)29-21-11-13-27-14-12-21/h2-8,17,20-22,27-28H,9-16H2,1H3,(H,29,30)/t17-,20?,22+/m1/s1. The van der Waals surface area contributed by atoms with E-state index in [1.54, 1.807) is 0 Å². The second-order valence-corrected chi connectivity index (χ2v) is 9.30. The molecule has 1 unspecified atom stereocenters. The third-order valence-electron chi connectivity index (χ3n) is 7.13. The van der Waals surface area contributed by atoms with Crippen molar-refractivity contribution in [1.29, 1.82) is 0 Å². The van der Waals surface area contributed by atoms with Gasteiger partial charge in [0.1, 0.15) is 0 Å². The molecule has 170 valence electrons. The third-order valence-corrected chi connectivity index (χ3v) is 7.13. The Hall–Kier alpha value is -2.57. The number of hydrogen-bond acceptors (Lipinski definition) is 5. The number of piperidine rings is 1. The van der Waals surface area contributed by atoms with Gasteiger partial charge < -0.3 is 25.4 Å². The van der Waals surface area contributed by atoms with Crippen LogP contribution < -0.4 is 25.4 Å². The zero-order valence-corrected chi connectivity index (χ0v) is 18.7. The average Bonchev–Trinajstić information content (AvgIpc) is 3.49. The van der Waals surface area contributed by atoms with Gasteiger partial charge >= 0.3 is 0 Å². The normalized spacial score (nSPS) is 23.8. The van der Waals surface area contributed by atoms with Gasteiger partial charge in [-0.3, -0.25) is 4.79 Å². The van der Waals surface area contributed by atoms with E-state index in [2.05, 4.69) is 41.1 Å². The molecule has 1 amide bonds. The van der Waals surface area contributed by atoms with E-state index in [1.165, 1.54) is 5.56 Å². The van der Waals surface area contributed by atoms with E-state index in [9.17, 15) is 4.79 Å². The van der Waals surface area contributed by atoms with E-state index in [-0.39, 0.29) is 18.0 Å². The molecule has 2 aromatic rings. The average molecular weight is 436 g/mol. The van der Waals surface area contributed by atoms with Gasteiger partial charge in [0.15, 0.2) is 11.5 Å². The molecule has 0 bridgehead atoms. The topological polar surface area (TPSA) is 71.6 Å². The highest BCUT2D eigenvalue weighted by atomic mass is 16.7. The fourth-order valence-corrected chi connectivity index (χ4v) is 5.31. The summed E-state index contributed by atoms with van der Waals surface area (Å²) in [4.78, 5) is 12.6. The van der Waals surface area contributed by atoms with Crippen LogP contribution in [0.15, 0.2) is 42.5 Å². The van der Waals surface area contributed by atoms with Gasteiger partial charge in [0.2, 0.25) is 6.79 Å². The Morgan fingerprint density at radius 1 is 1.00 bits per heavy atom. The maximum atomic E-state index is 12.6. The van der Waals surface area contributed by atoms with E-state index < -0.39 is 0 Å². The smallest absolute Gasteiger partial charge is 0.251 e. The second kappa shape index (κ2) is 9.51. The number of amides is 1. The summed E-state index contributed by atoms with van der Waals surface area (Å²) in [5.41, 5.74) is 3.25. The van der Waals surface area contributed by atoms with Crippen molar-refractivity contribution in [2.75, 3.05) is 19.9 Å². The lowest BCUT2D eigenvalue weighted by Crippen LogP contribution is -2.42. The number of carbonyl (C=O) groups is 1. The molecule has 3 N–H and O–H groups in total. The Balaban J connectivity index is 1.16. The van der Waals surface area contributed by atoms with Gasteiger partial charge in [-0.1, -0.05) is 24.3 Å². The molecule has 0 spiro atoms. The van der Waals surface area contributed by atoms with E-state index in [1.807, 2.05) is 24.3 Å². The zero-order chi connectivity index (χ0) is 21.9. The Morgan fingerprint density at radius 3 is 2.62 bits per heavy atom. The number of para-hydroxylation sites is 1. The maximum Gasteiger partial charge on any atom is 0.251 e. The minimum Gasteiger partial charge on any atom is -0.454 e. The van der Waals surface area contributed by atoms with Crippen molar-refractivity contribution in [2.45, 2.75) is 63.1 Å². The molecule has 3 atom stereocenters. The van der Waals surface area contributed by atoms with Crippen LogP contribution >= 0.6 is 0 Å². The number of benzene rings is 2. The van der Waals surface area contributed by atoms with Gasteiger partial charge in [0, 0.05) is 29.3 Å². The van der Waals surface area contributed by atoms with Gasteiger partial charge in [-0.25, -0.2) is 0 Å². The number of nitrogens with one attached hydrogen (secondary N) is 3. The molecule has 2 fully saturated rings. The lowest BCUT2D eigenvalue weighted by Gasteiger charge is -2.23. The molecule has 32 heavy (non-hydrogen) atoms. The fourth-order valence-electron chi connectivity index (χ4n) is 5.31. The van der Waals surface area contributed by atoms with Crippen molar-refractivity contribution in [2.24, 2.45) is 0 Å². The van der Waals surface area contributed by atoms with Crippen molar-refractivity contribution in [3.63, 3.8) is 0 Å². The van der Waals surface area contributed by atoms with Crippen molar-refractivity contribution < 1.29 is 14.3 Å². The molecule has 1 saturated carbocycles. The predicted molar refractivity (Wildman–Crippen MR) is 124 cm³/mol. The SMILES string of the molecule is C[C@@H](N[C@H]1CCC(c2ccc(C(=O)NC3CCNCC3)cc2)C1)c1cccc2c1OCO2. The van der Waals surface area contributed by atoms with Crippen LogP contribution in [0.25, 0.3) is 0 Å². The van der Waals surface area contributed by atoms with E-state index >= 15 is 0 Å². The van der Waals surface area contributed by atoms with Crippen molar-refractivity contribution in [3.05, 3.63) is 59.2 Å². The third kappa shape index (κ3) is 4.62. The van der Waals surface area contributed by atoms with Gasteiger partial charge in [0.25, 0.3) is 5.91 Å². The van der Waals surface area contributed by atoms with Gasteiger partial charge in [0.05, 0.1) is 0 Å². The van der Waals surface area contributed by atoms with Crippen LogP contribution in [0.3, 0.4) is 0 Å². The number of carbonyl (C=O) groups excluding carboxylic acids is 1. The predicted octanol–water partition coefficient (Wildman–Crippen LogP) is 3.88. The quantitative estimate of drug-likeness (QED) is 0.642. The second-order valence-electron chi connectivity index (χ2n) is 9.30.